The first-order valence-corrected chi connectivity index (χ1v) is 38.1. The van der Waals surface area contributed by atoms with Gasteiger partial charge >= 0.3 is 0 Å². The Kier molecular flexibility index (Phi) is 42.6. The van der Waals surface area contributed by atoms with Crippen LogP contribution in [-0.4, -0.2) is 76.2 Å². The lowest BCUT2D eigenvalue weighted by atomic mass is 9.88. The van der Waals surface area contributed by atoms with Crippen molar-refractivity contribution in [2.45, 2.75) is 285 Å². The highest BCUT2D eigenvalue weighted by molar-refractivity contribution is 6.13. The number of hydrogen-bond donors (Lipinski definition) is 4. The van der Waals surface area contributed by atoms with Gasteiger partial charge in [0, 0.05) is 26.2 Å². The molecule has 4 N–H and O–H groups in total. The van der Waals surface area contributed by atoms with Crippen LogP contribution in [0.25, 0.3) is 22.3 Å². The van der Waals surface area contributed by atoms with E-state index in [9.17, 15) is 19.2 Å². The highest BCUT2D eigenvalue weighted by Gasteiger charge is 2.29. The van der Waals surface area contributed by atoms with Gasteiger partial charge in [-0.1, -0.05) is 320 Å². The fourth-order valence-corrected chi connectivity index (χ4v) is 12.7. The van der Waals surface area contributed by atoms with Crippen LogP contribution in [0.4, 0.5) is 0 Å². The Morgan fingerprint density at radius 2 is 0.489 bits per heavy atom. The molecule has 0 aromatic heterocycles. The maximum absolute atomic E-state index is 13.6. The molecule has 94 heavy (non-hydrogen) atoms. The fourth-order valence-electron chi connectivity index (χ4n) is 12.7. The molecule has 522 valence electrons. The number of fused-ring (bicyclic) bond motifs is 3. The molecular formula is C82H126N4O8. The number of carbonyl (C=O) groups is 4. The minimum Gasteiger partial charge on any atom is -0.480 e. The predicted octanol–water partition coefficient (Wildman–Crippen LogP) is 20.3. The van der Waals surface area contributed by atoms with Crippen molar-refractivity contribution in [1.82, 2.24) is 21.3 Å². The summed E-state index contributed by atoms with van der Waals surface area (Å²) in [6.45, 7) is 10.3. The minimum atomic E-state index is -0.252. The molecule has 12 heteroatoms. The lowest BCUT2D eigenvalue weighted by Gasteiger charge is -2.20. The molecule has 4 aromatic carbocycles. The third-order valence-electron chi connectivity index (χ3n) is 18.2. The van der Waals surface area contributed by atoms with E-state index in [2.05, 4.69) is 85.4 Å². The van der Waals surface area contributed by atoms with Crippen LogP contribution in [0.3, 0.4) is 0 Å². The number of unbranched alkanes of at least 4 members (excludes halogenated alkanes) is 36. The molecule has 12 nitrogen and oxygen atoms in total. The summed E-state index contributed by atoms with van der Waals surface area (Å²) in [5, 5.41) is 12.3. The van der Waals surface area contributed by atoms with E-state index in [4.69, 9.17) is 18.9 Å². The first-order chi connectivity index (χ1) is 46.3. The molecule has 0 radical (unpaired) electrons. The number of amides is 4. The van der Waals surface area contributed by atoms with E-state index >= 15 is 0 Å². The van der Waals surface area contributed by atoms with Gasteiger partial charge in [-0.25, -0.2) is 0 Å². The van der Waals surface area contributed by atoms with Gasteiger partial charge in [0.05, 0.1) is 0 Å². The van der Waals surface area contributed by atoms with E-state index < -0.39 is 0 Å². The molecule has 0 heterocycles. The second-order valence-corrected chi connectivity index (χ2v) is 26.4. The zero-order chi connectivity index (χ0) is 66.7. The Morgan fingerprint density at radius 1 is 0.266 bits per heavy atom. The number of carbonyl (C=O) groups excluding carboxylic acids is 4. The number of nitrogens with one attached hydrogen (secondary N) is 4. The lowest BCUT2D eigenvalue weighted by Crippen LogP contribution is -2.30. The molecule has 0 fully saturated rings. The average molecular weight is 1300 g/mol. The van der Waals surface area contributed by atoms with Crippen LogP contribution in [0.5, 0.6) is 23.0 Å². The Bertz CT molecular complexity index is 2560. The van der Waals surface area contributed by atoms with Gasteiger partial charge < -0.3 is 40.2 Å². The van der Waals surface area contributed by atoms with Gasteiger partial charge in [0.1, 0.15) is 0 Å². The van der Waals surface area contributed by atoms with E-state index in [-0.39, 0.29) is 50.1 Å². The topological polar surface area (TPSA) is 153 Å². The summed E-state index contributed by atoms with van der Waals surface area (Å²) in [6, 6.07) is 28.1. The Morgan fingerprint density at radius 3 is 0.745 bits per heavy atom. The largest absolute Gasteiger partial charge is 0.480 e. The molecule has 0 atom stereocenters. The molecule has 0 unspecified atom stereocenters. The van der Waals surface area contributed by atoms with Crippen molar-refractivity contribution in [2.75, 3.05) is 52.6 Å². The summed E-state index contributed by atoms with van der Waals surface area (Å²) < 4.78 is 25.6. The smallest absolute Gasteiger partial charge is 0.257 e. The summed E-state index contributed by atoms with van der Waals surface area (Å²) in [5.41, 5.74) is 7.52. The summed E-state index contributed by atoms with van der Waals surface area (Å²) in [5.74, 6) is 0.358. The van der Waals surface area contributed by atoms with Crippen LogP contribution in [0.2, 0.25) is 0 Å². The Labute approximate surface area is 569 Å². The lowest BCUT2D eigenvalue weighted by molar-refractivity contribution is -0.124. The second-order valence-electron chi connectivity index (χ2n) is 26.4. The molecule has 0 saturated heterocycles. The summed E-state index contributed by atoms with van der Waals surface area (Å²) in [6.07, 6.45) is 48.5. The number of rotatable bonds is 58. The fraction of sp³-hybridized carbons (Fsp3) is 0.634. The third-order valence-corrected chi connectivity index (χ3v) is 18.2. The van der Waals surface area contributed by atoms with Crippen molar-refractivity contribution >= 4 is 34.8 Å². The van der Waals surface area contributed by atoms with E-state index in [1.54, 1.807) is 0 Å². The average Bonchev–Trinajstić information content (AvgIpc) is 1.56. The number of benzene rings is 4. The predicted molar refractivity (Wildman–Crippen MR) is 391 cm³/mol. The van der Waals surface area contributed by atoms with Crippen LogP contribution < -0.4 is 40.2 Å². The normalized spacial score (nSPS) is 11.5. The van der Waals surface area contributed by atoms with E-state index in [1.807, 2.05) is 48.5 Å². The minimum absolute atomic E-state index is 0.223. The first kappa shape index (κ1) is 78.4. The molecule has 1 aliphatic carbocycles. The van der Waals surface area contributed by atoms with Crippen LogP contribution in [0.1, 0.15) is 307 Å². The quantitative estimate of drug-likeness (QED) is 0.0281. The standard InChI is InChI=1S/C82H126N4O8/c1-5-9-13-17-21-25-29-33-37-45-57-83-77(87)63-91-73-55-53-67(61-75(73)93-65-79(89)85-59-47-39-35-31-27-23-19-15-11-7-3)81(82-71-51-43-41-49-69(71)70-50-42-44-52-72(70)82)68-54-56-74(92-64-78(88)84-58-46-38-34-30-26-22-18-14-10-6-2)76(62-68)94-66-80(90)86-60-48-40-36-32-28-24-20-16-12-8-4/h41-44,49-56,61-62H,5-40,45-48,57-60,63-66H2,1-4H3,(H,83,87)(H,84,88)(H,85,89)(H,86,90). The van der Waals surface area contributed by atoms with Crippen molar-refractivity contribution in [2.24, 2.45) is 0 Å². The van der Waals surface area contributed by atoms with E-state index in [1.165, 1.54) is 180 Å². The van der Waals surface area contributed by atoms with Gasteiger partial charge in [-0.3, -0.25) is 19.2 Å². The molecule has 0 spiro atoms. The van der Waals surface area contributed by atoms with Gasteiger partial charge in [-0.05, 0) is 94.5 Å². The molecule has 4 amide bonds. The molecule has 0 saturated carbocycles. The van der Waals surface area contributed by atoms with Crippen LogP contribution in [-0.2, 0) is 19.2 Å². The van der Waals surface area contributed by atoms with Crippen LogP contribution in [0, 0.1) is 0 Å². The number of ether oxygens (including phenoxy) is 4. The van der Waals surface area contributed by atoms with Gasteiger partial charge in [0.2, 0.25) is 0 Å². The molecule has 1 aliphatic rings. The van der Waals surface area contributed by atoms with Crippen molar-refractivity contribution in [1.29, 1.82) is 0 Å². The molecule has 0 bridgehead atoms. The first-order valence-electron chi connectivity index (χ1n) is 38.1. The van der Waals surface area contributed by atoms with Crippen molar-refractivity contribution in [3.8, 4) is 34.1 Å². The van der Waals surface area contributed by atoms with Crippen LogP contribution >= 0.6 is 0 Å². The Balaban J connectivity index is 1.40. The Hall–Kier alpha value is -6.30. The molecular weight excluding hydrogens is 1170 g/mol. The van der Waals surface area contributed by atoms with Gasteiger partial charge in [0.15, 0.2) is 49.4 Å². The zero-order valence-corrected chi connectivity index (χ0v) is 59.3. The van der Waals surface area contributed by atoms with E-state index in [0.717, 1.165) is 122 Å². The van der Waals surface area contributed by atoms with E-state index in [0.29, 0.717) is 49.2 Å². The highest BCUT2D eigenvalue weighted by atomic mass is 16.5. The molecule has 5 rings (SSSR count). The second kappa shape index (κ2) is 51.0. The van der Waals surface area contributed by atoms with Crippen molar-refractivity contribution in [3.05, 3.63) is 107 Å². The monoisotopic (exact) mass is 1290 g/mol. The maximum Gasteiger partial charge on any atom is 0.257 e. The summed E-state index contributed by atoms with van der Waals surface area (Å²) in [7, 11) is 0. The number of hydrogen-bond acceptors (Lipinski definition) is 8. The summed E-state index contributed by atoms with van der Waals surface area (Å²) in [4.78, 5) is 54.0. The van der Waals surface area contributed by atoms with Crippen LogP contribution in [0.15, 0.2) is 84.9 Å². The maximum atomic E-state index is 13.6. The van der Waals surface area contributed by atoms with Gasteiger partial charge in [-0.2, -0.15) is 0 Å². The van der Waals surface area contributed by atoms with Gasteiger partial charge in [-0.15, -0.1) is 0 Å². The third kappa shape index (κ3) is 32.4. The van der Waals surface area contributed by atoms with Crippen molar-refractivity contribution < 1.29 is 38.1 Å². The highest BCUT2D eigenvalue weighted by Crippen LogP contribution is 2.50. The molecule has 0 aliphatic heterocycles. The zero-order valence-electron chi connectivity index (χ0n) is 59.3. The SMILES string of the molecule is CCCCCCCCCCCCNC(=O)COc1ccc(C(=C2c3ccccc3-c3ccccc32)c2ccc(OCC(=O)NCCCCCCCCCCCC)c(OCC(=O)NCCCCCCCCCCCC)c2)cc1OCC(=O)NCCCCCCCCCCCC. The molecule has 4 aromatic rings. The van der Waals surface area contributed by atoms with Crippen molar-refractivity contribution in [3.63, 3.8) is 0 Å². The summed E-state index contributed by atoms with van der Waals surface area (Å²) >= 11 is 0. The van der Waals surface area contributed by atoms with Gasteiger partial charge in [0.25, 0.3) is 23.6 Å².